The summed E-state index contributed by atoms with van der Waals surface area (Å²) in [6.45, 7) is 2.28. The molecule has 3 aromatic rings. The average Bonchev–Trinajstić information content (AvgIpc) is 3.05. The monoisotopic (exact) mass is 439 g/mol. The number of hydrogen-bond donors (Lipinski definition) is 2. The zero-order valence-corrected chi connectivity index (χ0v) is 17.5. The lowest BCUT2D eigenvalue weighted by Gasteiger charge is -2.18. The first kappa shape index (κ1) is 18.7. The van der Waals surface area contributed by atoms with E-state index in [1.807, 2.05) is 36.4 Å². The van der Waals surface area contributed by atoms with E-state index in [0.29, 0.717) is 17.2 Å². The molecule has 4 rings (SSSR count). The van der Waals surface area contributed by atoms with Gasteiger partial charge in [-0.05, 0) is 67.1 Å². The highest BCUT2D eigenvalue weighted by atomic mass is 79.9. The van der Waals surface area contributed by atoms with Crippen molar-refractivity contribution < 1.29 is 9.53 Å². The number of rotatable bonds is 4. The molecule has 1 aromatic heterocycles. The van der Waals surface area contributed by atoms with Gasteiger partial charge in [0, 0.05) is 32.2 Å². The molecule has 2 N–H and O–H groups in total. The Morgan fingerprint density at radius 2 is 2.18 bits per heavy atom. The lowest BCUT2D eigenvalue weighted by molar-refractivity contribution is 0.0955. The summed E-state index contributed by atoms with van der Waals surface area (Å²) < 4.78 is 6.23. The zero-order chi connectivity index (χ0) is 19.7. The van der Waals surface area contributed by atoms with Crippen LogP contribution in [0.2, 0.25) is 0 Å². The fourth-order valence-electron chi connectivity index (χ4n) is 3.76. The minimum atomic E-state index is -0.231. The molecule has 28 heavy (non-hydrogen) atoms. The van der Waals surface area contributed by atoms with Gasteiger partial charge in [-0.1, -0.05) is 22.9 Å². The molecule has 1 aliphatic carbocycles. The van der Waals surface area contributed by atoms with Crippen molar-refractivity contribution in [3.8, 4) is 5.75 Å². The molecule has 0 fully saturated rings. The maximum atomic E-state index is 12.6. The molecule has 0 aliphatic heterocycles. The molecule has 6 heteroatoms. The van der Waals surface area contributed by atoms with Crippen LogP contribution in [0.3, 0.4) is 0 Å². The summed E-state index contributed by atoms with van der Waals surface area (Å²) in [6, 6.07) is 11.4. The number of H-pyrrole nitrogens is 1. The third-order valence-corrected chi connectivity index (χ3v) is 5.75. The van der Waals surface area contributed by atoms with Crippen LogP contribution in [0.1, 0.15) is 40.5 Å². The molecule has 1 unspecified atom stereocenters. The average molecular weight is 440 g/mol. The molecule has 2 aromatic carbocycles. The Labute approximate surface area is 172 Å². The number of nitrogens with one attached hydrogen (secondary N) is 2. The van der Waals surface area contributed by atoms with Crippen molar-refractivity contribution in [1.29, 1.82) is 0 Å². The van der Waals surface area contributed by atoms with Crippen LogP contribution in [0.4, 0.5) is 0 Å². The number of methoxy groups -OCH3 is 1. The summed E-state index contributed by atoms with van der Waals surface area (Å²) in [6.07, 6.45) is 4.92. The van der Waals surface area contributed by atoms with E-state index in [9.17, 15) is 4.79 Å². The molecule has 0 saturated heterocycles. The van der Waals surface area contributed by atoms with E-state index >= 15 is 0 Å². The van der Waals surface area contributed by atoms with Crippen LogP contribution < -0.4 is 10.2 Å². The van der Waals surface area contributed by atoms with E-state index in [-0.39, 0.29) is 5.91 Å². The second kappa shape index (κ2) is 7.80. The number of benzene rings is 2. The maximum Gasteiger partial charge on any atom is 0.271 e. The highest BCUT2D eigenvalue weighted by molar-refractivity contribution is 9.10. The molecule has 0 spiro atoms. The van der Waals surface area contributed by atoms with Gasteiger partial charge in [0.25, 0.3) is 5.91 Å². The Balaban J connectivity index is 1.54. The van der Waals surface area contributed by atoms with Crippen molar-refractivity contribution >= 4 is 39.0 Å². The minimum absolute atomic E-state index is 0.231. The van der Waals surface area contributed by atoms with E-state index in [4.69, 9.17) is 4.74 Å². The molecule has 5 nitrogen and oxygen atoms in total. The van der Waals surface area contributed by atoms with Crippen LogP contribution in [-0.4, -0.2) is 24.2 Å². The molecule has 144 valence electrons. The molecule has 0 radical (unpaired) electrons. The first-order valence-corrected chi connectivity index (χ1v) is 10.1. The quantitative estimate of drug-likeness (QED) is 0.451. The lowest BCUT2D eigenvalue weighted by Crippen LogP contribution is -2.17. The van der Waals surface area contributed by atoms with E-state index < -0.39 is 0 Å². The lowest BCUT2D eigenvalue weighted by atomic mass is 9.87. The number of aryl methyl sites for hydroxylation is 1. The molecule has 1 heterocycles. The Kier molecular flexibility index (Phi) is 5.22. The van der Waals surface area contributed by atoms with E-state index in [1.54, 1.807) is 13.3 Å². The van der Waals surface area contributed by atoms with Gasteiger partial charge in [-0.3, -0.25) is 4.79 Å². The fourth-order valence-corrected chi connectivity index (χ4v) is 4.14. The number of halogens is 1. The Morgan fingerprint density at radius 1 is 1.32 bits per heavy atom. The molecule has 1 amide bonds. The van der Waals surface area contributed by atoms with Crippen molar-refractivity contribution in [3.05, 3.63) is 63.3 Å². The van der Waals surface area contributed by atoms with Crippen molar-refractivity contribution in [2.75, 3.05) is 7.11 Å². The minimum Gasteiger partial charge on any atom is -0.496 e. The molecule has 1 atom stereocenters. The summed E-state index contributed by atoms with van der Waals surface area (Å²) in [5.74, 6) is 1.13. The number of amides is 1. The summed E-state index contributed by atoms with van der Waals surface area (Å²) >= 11 is 3.43. The standard InChI is InChI=1S/C22H22BrN3O2/c1-13-3-6-19-17(9-13)18-11-14(4-7-20(18)25-19)22(27)26-24-12-15-10-16(23)5-8-21(15)28-2/h4-5,7-8,10-13,25H,3,6,9H2,1-2H3,(H,26,27)/b24-12-. The van der Waals surface area contributed by atoms with Crippen molar-refractivity contribution in [1.82, 2.24) is 10.4 Å². The highest BCUT2D eigenvalue weighted by Gasteiger charge is 2.20. The zero-order valence-electron chi connectivity index (χ0n) is 15.9. The number of hydrazone groups is 1. The second-order valence-corrected chi connectivity index (χ2v) is 8.19. The first-order chi connectivity index (χ1) is 13.5. The topological polar surface area (TPSA) is 66.5 Å². The van der Waals surface area contributed by atoms with Gasteiger partial charge in [-0.15, -0.1) is 0 Å². The number of carbonyl (C=O) groups is 1. The summed E-state index contributed by atoms with van der Waals surface area (Å²) in [4.78, 5) is 16.1. The predicted molar refractivity (Wildman–Crippen MR) is 115 cm³/mol. The summed E-state index contributed by atoms with van der Waals surface area (Å²) in [5.41, 5.74) is 7.75. The van der Waals surface area contributed by atoms with Crippen molar-refractivity contribution in [3.63, 3.8) is 0 Å². The number of ether oxygens (including phenoxy) is 1. The third kappa shape index (κ3) is 3.69. The van der Waals surface area contributed by atoms with Gasteiger partial charge >= 0.3 is 0 Å². The van der Waals surface area contributed by atoms with Gasteiger partial charge in [-0.25, -0.2) is 5.43 Å². The number of hydrogen-bond acceptors (Lipinski definition) is 3. The molecule has 1 aliphatic rings. The summed E-state index contributed by atoms with van der Waals surface area (Å²) in [7, 11) is 1.60. The van der Waals surface area contributed by atoms with E-state index in [1.165, 1.54) is 17.7 Å². The van der Waals surface area contributed by atoms with Gasteiger partial charge in [0.1, 0.15) is 5.75 Å². The predicted octanol–water partition coefficient (Wildman–Crippen LogP) is 4.83. The molecular formula is C22H22BrN3O2. The van der Waals surface area contributed by atoms with Crippen molar-refractivity contribution in [2.24, 2.45) is 11.0 Å². The van der Waals surface area contributed by atoms with Crippen LogP contribution in [0.5, 0.6) is 5.75 Å². The second-order valence-electron chi connectivity index (χ2n) is 7.28. The third-order valence-electron chi connectivity index (χ3n) is 5.26. The van der Waals surface area contributed by atoms with E-state index in [2.05, 4.69) is 38.4 Å². The number of carbonyl (C=O) groups excluding carboxylic acids is 1. The number of aromatic nitrogens is 1. The van der Waals surface area contributed by atoms with Crippen LogP contribution in [0.15, 0.2) is 46.0 Å². The largest absolute Gasteiger partial charge is 0.496 e. The molecule has 0 bridgehead atoms. The fraction of sp³-hybridized carbons (Fsp3) is 0.273. The van der Waals surface area contributed by atoms with Gasteiger partial charge < -0.3 is 9.72 Å². The van der Waals surface area contributed by atoms with Crippen LogP contribution >= 0.6 is 15.9 Å². The number of nitrogens with zero attached hydrogens (tertiary/aromatic N) is 1. The van der Waals surface area contributed by atoms with Crippen LogP contribution in [0, 0.1) is 5.92 Å². The Hall–Kier alpha value is -2.60. The molecular weight excluding hydrogens is 418 g/mol. The Bertz CT molecular complexity index is 1070. The smallest absolute Gasteiger partial charge is 0.271 e. The maximum absolute atomic E-state index is 12.6. The Morgan fingerprint density at radius 3 is 3.00 bits per heavy atom. The van der Waals surface area contributed by atoms with E-state index in [0.717, 1.165) is 33.8 Å². The summed E-state index contributed by atoms with van der Waals surface area (Å²) in [5, 5.41) is 5.25. The van der Waals surface area contributed by atoms with Gasteiger partial charge in [0.2, 0.25) is 0 Å². The van der Waals surface area contributed by atoms with Crippen molar-refractivity contribution in [2.45, 2.75) is 26.2 Å². The van der Waals surface area contributed by atoms with Gasteiger partial charge in [0.05, 0.1) is 13.3 Å². The first-order valence-electron chi connectivity index (χ1n) is 9.35. The van der Waals surface area contributed by atoms with Gasteiger partial charge in [-0.2, -0.15) is 5.10 Å². The number of fused-ring (bicyclic) bond motifs is 3. The van der Waals surface area contributed by atoms with Crippen LogP contribution in [-0.2, 0) is 12.8 Å². The van der Waals surface area contributed by atoms with Gasteiger partial charge in [0.15, 0.2) is 0 Å². The van der Waals surface area contributed by atoms with Crippen LogP contribution in [0.25, 0.3) is 10.9 Å². The molecule has 0 saturated carbocycles. The normalized spacial score (nSPS) is 16.3. The highest BCUT2D eigenvalue weighted by Crippen LogP contribution is 2.32. The SMILES string of the molecule is COc1ccc(Br)cc1/C=N\NC(=O)c1ccc2[nH]c3c(c2c1)CC(C)CC3. The number of aromatic amines is 1.